The third-order valence-electron chi connectivity index (χ3n) is 3.29. The van der Waals surface area contributed by atoms with Crippen molar-refractivity contribution < 1.29 is 13.6 Å². The van der Waals surface area contributed by atoms with Gasteiger partial charge in [0.25, 0.3) is 5.91 Å². The quantitative estimate of drug-likeness (QED) is 0.875. The minimum Gasteiger partial charge on any atom is -0.321 e. The van der Waals surface area contributed by atoms with Crippen LogP contribution >= 0.6 is 0 Å². The molecule has 21 heavy (non-hydrogen) atoms. The van der Waals surface area contributed by atoms with E-state index in [1.165, 1.54) is 0 Å². The van der Waals surface area contributed by atoms with Crippen LogP contribution in [0.2, 0.25) is 0 Å². The molecule has 1 amide bonds. The predicted molar refractivity (Wildman–Crippen MR) is 79.6 cm³/mol. The van der Waals surface area contributed by atoms with Crippen molar-refractivity contribution in [3.05, 3.63) is 64.7 Å². The first-order valence-electron chi connectivity index (χ1n) is 6.75. The Morgan fingerprint density at radius 3 is 2.29 bits per heavy atom. The topological polar surface area (TPSA) is 29.1 Å². The number of carbonyl (C=O) groups excluding carboxylic acids is 1. The highest BCUT2D eigenvalue weighted by molar-refractivity contribution is 6.05. The monoisotopic (exact) mass is 289 g/mol. The van der Waals surface area contributed by atoms with E-state index in [-0.39, 0.29) is 11.5 Å². The third-order valence-corrected chi connectivity index (χ3v) is 3.29. The Kier molecular flexibility index (Phi) is 4.36. The number of halogens is 2. The first-order chi connectivity index (χ1) is 9.88. The Morgan fingerprint density at radius 1 is 1.10 bits per heavy atom. The Morgan fingerprint density at radius 2 is 1.71 bits per heavy atom. The van der Waals surface area contributed by atoms with Gasteiger partial charge in [-0.15, -0.1) is 0 Å². The largest absolute Gasteiger partial charge is 0.321 e. The van der Waals surface area contributed by atoms with Gasteiger partial charge in [0.1, 0.15) is 11.6 Å². The molecule has 0 aliphatic rings. The molecule has 2 aromatic carbocycles. The molecule has 0 fully saturated rings. The van der Waals surface area contributed by atoms with Crippen molar-refractivity contribution in [2.45, 2.75) is 26.7 Å². The summed E-state index contributed by atoms with van der Waals surface area (Å²) in [4.78, 5) is 12.2. The molecule has 0 heterocycles. The van der Waals surface area contributed by atoms with Gasteiger partial charge in [-0.05, 0) is 36.1 Å². The van der Waals surface area contributed by atoms with Crippen LogP contribution in [0, 0.1) is 18.6 Å². The van der Waals surface area contributed by atoms with Gasteiger partial charge in [0.2, 0.25) is 0 Å². The van der Waals surface area contributed by atoms with E-state index in [9.17, 15) is 13.6 Å². The Hall–Kier alpha value is -2.23. The highest BCUT2D eigenvalue weighted by atomic mass is 19.1. The highest BCUT2D eigenvalue weighted by Crippen LogP contribution is 2.27. The van der Waals surface area contributed by atoms with E-state index in [1.54, 1.807) is 0 Å². The van der Waals surface area contributed by atoms with Crippen LogP contribution in [0.4, 0.5) is 14.5 Å². The van der Waals surface area contributed by atoms with E-state index in [0.717, 1.165) is 29.3 Å². The standard InChI is InChI=1S/C17H17F2NO/c1-10(2)15-6-4-5-11(3)16(15)20-17(21)12-7-13(18)9-14(19)8-12/h4-10H,1-3H3,(H,20,21). The minimum absolute atomic E-state index is 0.0366. The van der Waals surface area contributed by atoms with Crippen molar-refractivity contribution in [2.75, 3.05) is 5.32 Å². The number of para-hydroxylation sites is 1. The van der Waals surface area contributed by atoms with E-state index in [0.29, 0.717) is 5.69 Å². The number of hydrogen-bond donors (Lipinski definition) is 1. The first kappa shape index (κ1) is 15.2. The molecule has 0 saturated carbocycles. The molecule has 2 nitrogen and oxygen atoms in total. The van der Waals surface area contributed by atoms with Crippen molar-refractivity contribution in [1.82, 2.24) is 0 Å². The molecule has 0 bridgehead atoms. The van der Waals surface area contributed by atoms with E-state index in [4.69, 9.17) is 0 Å². The number of hydrogen-bond acceptors (Lipinski definition) is 1. The fourth-order valence-electron chi connectivity index (χ4n) is 2.21. The Balaban J connectivity index is 2.36. The van der Waals surface area contributed by atoms with Crippen LogP contribution in [0.5, 0.6) is 0 Å². The van der Waals surface area contributed by atoms with Gasteiger partial charge in [-0.3, -0.25) is 4.79 Å². The molecular formula is C17H17F2NO. The summed E-state index contributed by atoms with van der Waals surface area (Å²) >= 11 is 0. The molecule has 0 saturated heterocycles. The maximum absolute atomic E-state index is 13.2. The lowest BCUT2D eigenvalue weighted by Gasteiger charge is -2.16. The van der Waals surface area contributed by atoms with Crippen molar-refractivity contribution in [3.8, 4) is 0 Å². The minimum atomic E-state index is -0.769. The van der Waals surface area contributed by atoms with Gasteiger partial charge in [-0.2, -0.15) is 0 Å². The summed E-state index contributed by atoms with van der Waals surface area (Å²) in [7, 11) is 0. The molecule has 0 atom stereocenters. The smallest absolute Gasteiger partial charge is 0.255 e. The van der Waals surface area contributed by atoms with E-state index in [2.05, 4.69) is 5.32 Å². The molecule has 4 heteroatoms. The van der Waals surface area contributed by atoms with E-state index >= 15 is 0 Å². The summed E-state index contributed by atoms with van der Waals surface area (Å²) in [5, 5.41) is 2.76. The molecule has 110 valence electrons. The lowest BCUT2D eigenvalue weighted by molar-refractivity contribution is 0.102. The average Bonchev–Trinajstić information content (AvgIpc) is 2.39. The van der Waals surface area contributed by atoms with Gasteiger partial charge in [-0.1, -0.05) is 32.0 Å². The molecule has 0 radical (unpaired) electrons. The van der Waals surface area contributed by atoms with Crippen molar-refractivity contribution in [1.29, 1.82) is 0 Å². The summed E-state index contributed by atoms with van der Waals surface area (Å²) in [5.41, 5.74) is 2.55. The van der Waals surface area contributed by atoms with Gasteiger partial charge in [0.05, 0.1) is 0 Å². The van der Waals surface area contributed by atoms with Gasteiger partial charge < -0.3 is 5.32 Å². The number of amides is 1. The second-order valence-corrected chi connectivity index (χ2v) is 5.31. The van der Waals surface area contributed by atoms with Crippen molar-refractivity contribution in [3.63, 3.8) is 0 Å². The van der Waals surface area contributed by atoms with Crippen LogP contribution in [0.3, 0.4) is 0 Å². The van der Waals surface area contributed by atoms with Crippen LogP contribution in [0.25, 0.3) is 0 Å². The van der Waals surface area contributed by atoms with Crippen LogP contribution in [-0.4, -0.2) is 5.91 Å². The van der Waals surface area contributed by atoms with E-state index in [1.807, 2.05) is 39.0 Å². The number of anilines is 1. The average molecular weight is 289 g/mol. The van der Waals surface area contributed by atoms with Crippen molar-refractivity contribution >= 4 is 11.6 Å². The fraction of sp³-hybridized carbons (Fsp3) is 0.235. The van der Waals surface area contributed by atoms with Crippen LogP contribution in [0.1, 0.15) is 41.3 Å². The second-order valence-electron chi connectivity index (χ2n) is 5.31. The maximum atomic E-state index is 13.2. The van der Waals surface area contributed by atoms with Crippen LogP contribution in [-0.2, 0) is 0 Å². The Labute approximate surface area is 122 Å². The number of carbonyl (C=O) groups is 1. The zero-order valence-corrected chi connectivity index (χ0v) is 12.2. The molecular weight excluding hydrogens is 272 g/mol. The molecule has 0 spiro atoms. The normalized spacial score (nSPS) is 10.8. The van der Waals surface area contributed by atoms with Gasteiger partial charge >= 0.3 is 0 Å². The van der Waals surface area contributed by atoms with Gasteiger partial charge in [0, 0.05) is 17.3 Å². The lowest BCUT2D eigenvalue weighted by Crippen LogP contribution is -2.15. The summed E-state index contributed by atoms with van der Waals surface area (Å²) < 4.78 is 26.4. The zero-order chi connectivity index (χ0) is 15.6. The first-order valence-corrected chi connectivity index (χ1v) is 6.75. The molecule has 0 aliphatic heterocycles. The van der Waals surface area contributed by atoms with Gasteiger partial charge in [-0.25, -0.2) is 8.78 Å². The van der Waals surface area contributed by atoms with Gasteiger partial charge in [0.15, 0.2) is 0 Å². The summed E-state index contributed by atoms with van der Waals surface area (Å²) in [5.74, 6) is -1.84. The fourth-order valence-corrected chi connectivity index (χ4v) is 2.21. The number of rotatable bonds is 3. The molecule has 2 aromatic rings. The second kappa shape index (κ2) is 6.04. The van der Waals surface area contributed by atoms with Crippen LogP contribution < -0.4 is 5.32 Å². The molecule has 0 unspecified atom stereocenters. The number of nitrogens with one attached hydrogen (secondary N) is 1. The zero-order valence-electron chi connectivity index (χ0n) is 12.2. The highest BCUT2D eigenvalue weighted by Gasteiger charge is 2.14. The molecule has 0 aliphatic carbocycles. The molecule has 2 rings (SSSR count). The number of benzene rings is 2. The molecule has 0 aromatic heterocycles. The number of aryl methyl sites for hydroxylation is 1. The van der Waals surface area contributed by atoms with E-state index < -0.39 is 17.5 Å². The summed E-state index contributed by atoms with van der Waals surface area (Å²) in [6, 6.07) is 8.51. The third kappa shape index (κ3) is 3.45. The van der Waals surface area contributed by atoms with Crippen molar-refractivity contribution in [2.24, 2.45) is 0 Å². The summed E-state index contributed by atoms with van der Waals surface area (Å²) in [6.45, 7) is 5.92. The van der Waals surface area contributed by atoms with Crippen LogP contribution in [0.15, 0.2) is 36.4 Å². The SMILES string of the molecule is Cc1cccc(C(C)C)c1NC(=O)c1cc(F)cc(F)c1. The maximum Gasteiger partial charge on any atom is 0.255 e. The molecule has 1 N–H and O–H groups in total. The Bertz CT molecular complexity index is 660. The lowest BCUT2D eigenvalue weighted by atomic mass is 9.98. The predicted octanol–water partition coefficient (Wildman–Crippen LogP) is 4.65. The summed E-state index contributed by atoms with van der Waals surface area (Å²) in [6.07, 6.45) is 0.